The first-order valence-electron chi connectivity index (χ1n) is 3.84. The summed E-state index contributed by atoms with van der Waals surface area (Å²) in [5.41, 5.74) is 0.793. The highest BCUT2D eigenvalue weighted by atomic mass is 16.4. The summed E-state index contributed by atoms with van der Waals surface area (Å²) in [4.78, 5) is 21.0. The van der Waals surface area contributed by atoms with Crippen molar-refractivity contribution in [1.29, 1.82) is 0 Å². The second kappa shape index (κ2) is 3.78. The lowest BCUT2D eigenvalue weighted by Gasteiger charge is -2.05. The lowest BCUT2D eigenvalue weighted by molar-refractivity contribution is 0.0698. The van der Waals surface area contributed by atoms with Crippen LogP contribution < -0.4 is 5.32 Å². The number of hydrogen-bond donors (Lipinski definition) is 3. The van der Waals surface area contributed by atoms with E-state index < -0.39 is 12.1 Å². The van der Waals surface area contributed by atoms with Gasteiger partial charge in [0.25, 0.3) is 0 Å². The molecule has 0 aromatic heterocycles. The Kier molecular flexibility index (Phi) is 2.71. The van der Waals surface area contributed by atoms with Crippen molar-refractivity contribution in [2.24, 2.45) is 0 Å². The van der Waals surface area contributed by atoms with Crippen LogP contribution in [0.1, 0.15) is 15.9 Å². The number of benzene rings is 1. The molecule has 0 unspecified atom stereocenters. The zero-order valence-corrected chi connectivity index (χ0v) is 7.44. The highest BCUT2D eigenvalue weighted by Crippen LogP contribution is 2.17. The molecule has 0 radical (unpaired) electrons. The Labute approximate surface area is 80.0 Å². The molecule has 0 saturated heterocycles. The molecule has 1 aromatic carbocycles. The molecule has 3 N–H and O–H groups in total. The minimum absolute atomic E-state index is 0.0487. The van der Waals surface area contributed by atoms with Gasteiger partial charge < -0.3 is 10.2 Å². The summed E-state index contributed by atoms with van der Waals surface area (Å²) < 4.78 is 0. The van der Waals surface area contributed by atoms with Crippen molar-refractivity contribution in [2.45, 2.75) is 6.92 Å². The predicted molar refractivity (Wildman–Crippen MR) is 49.8 cm³/mol. The number of carboxylic acid groups (broad SMARTS) is 2. The third-order valence-electron chi connectivity index (χ3n) is 1.65. The minimum atomic E-state index is -1.28. The Hall–Kier alpha value is -2.04. The van der Waals surface area contributed by atoms with E-state index in [0.29, 0.717) is 0 Å². The molecule has 5 heteroatoms. The quantitative estimate of drug-likeness (QED) is 0.671. The standard InChI is InChI=1S/C9H9NO4/c1-5-2-3-7(10-9(13)14)6(4-5)8(11)12/h2-4,10H,1H3,(H,11,12)(H,13,14). The van der Waals surface area contributed by atoms with Crippen LogP contribution in [0.4, 0.5) is 10.5 Å². The van der Waals surface area contributed by atoms with E-state index in [1.807, 2.05) is 5.32 Å². The van der Waals surface area contributed by atoms with Gasteiger partial charge in [0.05, 0.1) is 11.3 Å². The number of amides is 1. The van der Waals surface area contributed by atoms with E-state index in [2.05, 4.69) is 0 Å². The summed E-state index contributed by atoms with van der Waals surface area (Å²) in [5, 5.41) is 19.2. The molecule has 0 saturated carbocycles. The van der Waals surface area contributed by atoms with Crippen molar-refractivity contribution in [2.75, 3.05) is 5.32 Å². The second-order valence-corrected chi connectivity index (χ2v) is 2.78. The summed E-state index contributed by atoms with van der Waals surface area (Å²) in [5.74, 6) is -1.16. The van der Waals surface area contributed by atoms with Crippen LogP contribution in [0, 0.1) is 6.92 Å². The number of nitrogens with one attached hydrogen (secondary N) is 1. The lowest BCUT2D eigenvalue weighted by Crippen LogP contribution is -2.11. The van der Waals surface area contributed by atoms with E-state index in [1.165, 1.54) is 12.1 Å². The highest BCUT2D eigenvalue weighted by molar-refractivity contribution is 5.98. The van der Waals surface area contributed by atoms with Gasteiger partial charge in [-0.2, -0.15) is 0 Å². The normalized spacial score (nSPS) is 9.50. The number of rotatable bonds is 2. The largest absolute Gasteiger partial charge is 0.478 e. The van der Waals surface area contributed by atoms with Crippen molar-refractivity contribution in [3.63, 3.8) is 0 Å². The molecule has 0 spiro atoms. The first-order valence-corrected chi connectivity index (χ1v) is 3.84. The molecule has 5 nitrogen and oxygen atoms in total. The number of aromatic carboxylic acids is 1. The Morgan fingerprint density at radius 1 is 1.29 bits per heavy atom. The number of carboxylic acids is 1. The van der Waals surface area contributed by atoms with Gasteiger partial charge in [0, 0.05) is 0 Å². The molecule has 14 heavy (non-hydrogen) atoms. The molecule has 1 aromatic rings. The highest BCUT2D eigenvalue weighted by Gasteiger charge is 2.11. The van der Waals surface area contributed by atoms with Gasteiger partial charge in [-0.3, -0.25) is 5.32 Å². The second-order valence-electron chi connectivity index (χ2n) is 2.78. The number of carbonyl (C=O) groups is 2. The molecule has 0 heterocycles. The molecule has 0 aliphatic carbocycles. The first-order chi connectivity index (χ1) is 6.50. The Morgan fingerprint density at radius 3 is 2.43 bits per heavy atom. The van der Waals surface area contributed by atoms with Crippen molar-refractivity contribution < 1.29 is 19.8 Å². The molecule has 1 rings (SSSR count). The van der Waals surface area contributed by atoms with E-state index in [0.717, 1.165) is 5.56 Å². The monoisotopic (exact) mass is 195 g/mol. The van der Waals surface area contributed by atoms with Crippen LogP contribution in [0.5, 0.6) is 0 Å². The van der Waals surface area contributed by atoms with Crippen molar-refractivity contribution in [3.8, 4) is 0 Å². The third kappa shape index (κ3) is 2.22. The van der Waals surface area contributed by atoms with E-state index in [9.17, 15) is 9.59 Å². The average molecular weight is 195 g/mol. The molecule has 0 fully saturated rings. The predicted octanol–water partition coefficient (Wildman–Crippen LogP) is 1.78. The maximum Gasteiger partial charge on any atom is 0.409 e. The maximum absolute atomic E-state index is 10.7. The molecule has 74 valence electrons. The first kappa shape index (κ1) is 10.0. The van der Waals surface area contributed by atoms with Gasteiger partial charge in [0.15, 0.2) is 0 Å². The Bertz CT molecular complexity index is 386. The van der Waals surface area contributed by atoms with E-state index in [-0.39, 0.29) is 11.3 Å². The molecule has 0 aliphatic heterocycles. The van der Waals surface area contributed by atoms with Gasteiger partial charge in [-0.15, -0.1) is 0 Å². The van der Waals surface area contributed by atoms with Crippen molar-refractivity contribution in [1.82, 2.24) is 0 Å². The molecule has 0 aliphatic rings. The lowest BCUT2D eigenvalue weighted by atomic mass is 10.1. The van der Waals surface area contributed by atoms with Gasteiger partial charge in [0.2, 0.25) is 0 Å². The number of aryl methyl sites for hydroxylation is 1. The van der Waals surface area contributed by atoms with Crippen LogP contribution in [0.25, 0.3) is 0 Å². The SMILES string of the molecule is Cc1ccc(NC(=O)O)c(C(=O)O)c1. The summed E-state index contributed by atoms with van der Waals surface area (Å²) >= 11 is 0. The van der Waals surface area contributed by atoms with Gasteiger partial charge >= 0.3 is 12.1 Å². The fourth-order valence-corrected chi connectivity index (χ4v) is 1.06. The number of anilines is 1. The van der Waals surface area contributed by atoms with Gasteiger partial charge in [-0.1, -0.05) is 11.6 Å². The zero-order chi connectivity index (χ0) is 10.7. The fourth-order valence-electron chi connectivity index (χ4n) is 1.06. The van der Waals surface area contributed by atoms with Crippen LogP contribution in [0.15, 0.2) is 18.2 Å². The fraction of sp³-hybridized carbons (Fsp3) is 0.111. The van der Waals surface area contributed by atoms with Crippen LogP contribution in [0.3, 0.4) is 0 Å². The molecular formula is C9H9NO4. The maximum atomic E-state index is 10.7. The van der Waals surface area contributed by atoms with Crippen LogP contribution in [-0.2, 0) is 0 Å². The van der Waals surface area contributed by atoms with Crippen molar-refractivity contribution in [3.05, 3.63) is 29.3 Å². The zero-order valence-electron chi connectivity index (χ0n) is 7.44. The van der Waals surface area contributed by atoms with E-state index in [1.54, 1.807) is 13.0 Å². The van der Waals surface area contributed by atoms with Gasteiger partial charge in [-0.25, -0.2) is 9.59 Å². The summed E-state index contributed by atoms with van der Waals surface area (Å²) in [6.07, 6.45) is -1.28. The van der Waals surface area contributed by atoms with Gasteiger partial charge in [-0.05, 0) is 19.1 Å². The summed E-state index contributed by atoms with van der Waals surface area (Å²) in [6, 6.07) is 4.47. The third-order valence-corrected chi connectivity index (χ3v) is 1.65. The molecule has 0 bridgehead atoms. The Morgan fingerprint density at radius 2 is 1.93 bits per heavy atom. The topological polar surface area (TPSA) is 86.6 Å². The van der Waals surface area contributed by atoms with E-state index >= 15 is 0 Å². The van der Waals surface area contributed by atoms with Crippen LogP contribution in [-0.4, -0.2) is 22.3 Å². The minimum Gasteiger partial charge on any atom is -0.478 e. The number of hydrogen-bond acceptors (Lipinski definition) is 2. The van der Waals surface area contributed by atoms with Crippen LogP contribution >= 0.6 is 0 Å². The van der Waals surface area contributed by atoms with E-state index in [4.69, 9.17) is 10.2 Å². The average Bonchev–Trinajstić information content (AvgIpc) is 2.07. The smallest absolute Gasteiger partial charge is 0.409 e. The van der Waals surface area contributed by atoms with Gasteiger partial charge in [0.1, 0.15) is 0 Å². The molecule has 0 atom stereocenters. The summed E-state index contributed by atoms with van der Waals surface area (Å²) in [6.45, 7) is 1.73. The molecular weight excluding hydrogens is 186 g/mol. The Balaban J connectivity index is 3.14. The summed E-state index contributed by atoms with van der Waals surface area (Å²) in [7, 11) is 0. The van der Waals surface area contributed by atoms with Crippen molar-refractivity contribution >= 4 is 17.7 Å². The van der Waals surface area contributed by atoms with Crippen LogP contribution in [0.2, 0.25) is 0 Å². The molecule has 1 amide bonds.